The van der Waals surface area contributed by atoms with Gasteiger partial charge in [0, 0.05) is 0 Å². The van der Waals surface area contributed by atoms with Crippen LogP contribution >= 0.6 is 0 Å². The second-order valence-corrected chi connectivity index (χ2v) is 3.58. The van der Waals surface area contributed by atoms with E-state index in [1.54, 1.807) is 6.92 Å². The lowest BCUT2D eigenvalue weighted by Gasteiger charge is -2.09. The van der Waals surface area contributed by atoms with Gasteiger partial charge in [0.1, 0.15) is 6.04 Å². The van der Waals surface area contributed by atoms with Gasteiger partial charge in [-0.25, -0.2) is 8.78 Å². The predicted molar refractivity (Wildman–Crippen MR) is 57.9 cm³/mol. The molecule has 0 fully saturated rings. The molecular weight excluding hydrogens is 226 g/mol. The Morgan fingerprint density at radius 1 is 1.47 bits per heavy atom. The molecule has 1 aromatic rings. The summed E-state index contributed by atoms with van der Waals surface area (Å²) in [5.74, 6) is -2.32. The molecule has 1 atom stereocenters. The van der Waals surface area contributed by atoms with E-state index in [1.165, 1.54) is 6.07 Å². The Balaban J connectivity index is 2.62. The lowest BCUT2D eigenvalue weighted by atomic mass is 10.1. The Labute approximate surface area is 98.1 Å². The molecule has 0 radical (unpaired) electrons. The average molecular weight is 238 g/mol. The van der Waals surface area contributed by atoms with Gasteiger partial charge in [0.15, 0.2) is 11.6 Å². The van der Waals surface area contributed by atoms with Gasteiger partial charge in [0.2, 0.25) is 5.91 Å². The first-order valence-electron chi connectivity index (χ1n) is 5.19. The molecule has 0 aliphatic rings. The molecular formula is C12H12F2N2O. The molecule has 1 N–H and O–H groups in total. The van der Waals surface area contributed by atoms with Gasteiger partial charge in [-0.1, -0.05) is 13.0 Å². The third-order valence-corrected chi connectivity index (χ3v) is 2.25. The predicted octanol–water partition coefficient (Wildman–Crippen LogP) is 1.93. The highest BCUT2D eigenvalue weighted by Gasteiger charge is 2.11. The summed E-state index contributed by atoms with van der Waals surface area (Å²) in [7, 11) is 0. The van der Waals surface area contributed by atoms with Crippen molar-refractivity contribution in [2.75, 3.05) is 0 Å². The summed E-state index contributed by atoms with van der Waals surface area (Å²) in [6.07, 6.45) is 0.426. The smallest absolute Gasteiger partial charge is 0.225 e. The van der Waals surface area contributed by atoms with E-state index in [0.29, 0.717) is 12.0 Å². The molecule has 0 aliphatic heterocycles. The van der Waals surface area contributed by atoms with E-state index in [2.05, 4.69) is 5.32 Å². The molecule has 0 aromatic heterocycles. The van der Waals surface area contributed by atoms with Gasteiger partial charge < -0.3 is 5.32 Å². The third kappa shape index (κ3) is 3.83. The molecule has 0 aliphatic carbocycles. The van der Waals surface area contributed by atoms with Crippen molar-refractivity contribution in [1.82, 2.24) is 5.32 Å². The Morgan fingerprint density at radius 3 is 2.71 bits per heavy atom. The molecule has 0 heterocycles. The fraction of sp³-hybridized carbons (Fsp3) is 0.333. The van der Waals surface area contributed by atoms with Gasteiger partial charge in [0.05, 0.1) is 12.5 Å². The van der Waals surface area contributed by atoms with Crippen molar-refractivity contribution in [2.24, 2.45) is 0 Å². The molecule has 0 bridgehead atoms. The first-order chi connectivity index (χ1) is 8.06. The Bertz CT molecular complexity index is 454. The summed E-state index contributed by atoms with van der Waals surface area (Å²) in [6, 6.07) is 4.66. The summed E-state index contributed by atoms with van der Waals surface area (Å²) in [6.45, 7) is 1.77. The summed E-state index contributed by atoms with van der Waals surface area (Å²) >= 11 is 0. The number of carbonyl (C=O) groups is 1. The van der Waals surface area contributed by atoms with Crippen LogP contribution in [0.2, 0.25) is 0 Å². The molecule has 1 amide bonds. The molecule has 5 heteroatoms. The number of hydrogen-bond acceptors (Lipinski definition) is 2. The molecule has 1 unspecified atom stereocenters. The zero-order valence-corrected chi connectivity index (χ0v) is 9.34. The topological polar surface area (TPSA) is 52.9 Å². The van der Waals surface area contributed by atoms with E-state index in [-0.39, 0.29) is 12.3 Å². The molecule has 0 spiro atoms. The minimum atomic E-state index is -0.984. The zero-order valence-electron chi connectivity index (χ0n) is 9.34. The Kier molecular flexibility index (Phi) is 4.58. The van der Waals surface area contributed by atoms with Crippen LogP contribution in [0.1, 0.15) is 18.9 Å². The summed E-state index contributed by atoms with van der Waals surface area (Å²) in [5.41, 5.74) is 0.370. The van der Waals surface area contributed by atoms with Gasteiger partial charge >= 0.3 is 0 Å². The molecule has 90 valence electrons. The number of nitrogens with one attached hydrogen (secondary N) is 1. The van der Waals surface area contributed by atoms with Gasteiger partial charge in [-0.15, -0.1) is 0 Å². The van der Waals surface area contributed by atoms with E-state index in [4.69, 9.17) is 5.26 Å². The van der Waals surface area contributed by atoms with Crippen molar-refractivity contribution in [3.63, 3.8) is 0 Å². The zero-order chi connectivity index (χ0) is 12.8. The number of benzene rings is 1. The van der Waals surface area contributed by atoms with E-state index in [1.807, 2.05) is 6.07 Å². The largest absolute Gasteiger partial charge is 0.340 e. The third-order valence-electron chi connectivity index (χ3n) is 2.25. The maximum absolute atomic E-state index is 12.9. The lowest BCUT2D eigenvalue weighted by molar-refractivity contribution is -0.120. The summed E-state index contributed by atoms with van der Waals surface area (Å²) in [4.78, 5) is 11.5. The van der Waals surface area contributed by atoms with Gasteiger partial charge in [-0.3, -0.25) is 4.79 Å². The fourth-order valence-electron chi connectivity index (χ4n) is 1.31. The van der Waals surface area contributed by atoms with Gasteiger partial charge in [-0.2, -0.15) is 5.26 Å². The van der Waals surface area contributed by atoms with E-state index < -0.39 is 17.7 Å². The number of halogens is 2. The second-order valence-electron chi connectivity index (χ2n) is 3.58. The molecule has 17 heavy (non-hydrogen) atoms. The van der Waals surface area contributed by atoms with Crippen molar-refractivity contribution in [2.45, 2.75) is 25.8 Å². The van der Waals surface area contributed by atoms with Gasteiger partial charge in [-0.05, 0) is 24.1 Å². The van der Waals surface area contributed by atoms with Crippen LogP contribution < -0.4 is 5.32 Å². The molecule has 0 saturated heterocycles. The highest BCUT2D eigenvalue weighted by Crippen LogP contribution is 2.09. The lowest BCUT2D eigenvalue weighted by Crippen LogP contribution is -2.34. The van der Waals surface area contributed by atoms with Crippen LogP contribution in [0.5, 0.6) is 0 Å². The highest BCUT2D eigenvalue weighted by atomic mass is 19.2. The minimum Gasteiger partial charge on any atom is -0.340 e. The van der Waals surface area contributed by atoms with E-state index in [0.717, 1.165) is 12.1 Å². The molecule has 1 rings (SSSR count). The normalized spacial score (nSPS) is 11.6. The maximum Gasteiger partial charge on any atom is 0.225 e. The van der Waals surface area contributed by atoms with Crippen LogP contribution in [0.3, 0.4) is 0 Å². The molecule has 0 saturated carbocycles. The molecule has 3 nitrogen and oxygen atoms in total. The maximum atomic E-state index is 12.9. The van der Waals surface area contributed by atoms with Crippen LogP contribution in [0, 0.1) is 23.0 Å². The number of hydrogen-bond donors (Lipinski definition) is 1. The SMILES string of the molecule is CCC(C#N)NC(=O)Cc1ccc(F)c(F)c1. The van der Waals surface area contributed by atoms with Crippen LogP contribution in [0.15, 0.2) is 18.2 Å². The summed E-state index contributed by atoms with van der Waals surface area (Å²) < 4.78 is 25.5. The second kappa shape index (κ2) is 5.94. The fourth-order valence-corrected chi connectivity index (χ4v) is 1.31. The van der Waals surface area contributed by atoms with E-state index in [9.17, 15) is 13.6 Å². The van der Waals surface area contributed by atoms with Crippen LogP contribution in [-0.2, 0) is 11.2 Å². The van der Waals surface area contributed by atoms with Crippen molar-refractivity contribution >= 4 is 5.91 Å². The first kappa shape index (κ1) is 13.1. The first-order valence-corrected chi connectivity index (χ1v) is 5.19. The number of nitriles is 1. The van der Waals surface area contributed by atoms with Crippen molar-refractivity contribution in [3.05, 3.63) is 35.4 Å². The average Bonchev–Trinajstić information content (AvgIpc) is 2.31. The quantitative estimate of drug-likeness (QED) is 0.871. The monoisotopic (exact) mass is 238 g/mol. The highest BCUT2D eigenvalue weighted by molar-refractivity contribution is 5.79. The van der Waals surface area contributed by atoms with Gasteiger partial charge in [0.25, 0.3) is 0 Å². The number of carbonyl (C=O) groups excluding carboxylic acids is 1. The standard InChI is InChI=1S/C12H12F2N2O/c1-2-9(7-15)16-12(17)6-8-3-4-10(13)11(14)5-8/h3-5,9H,2,6H2,1H3,(H,16,17). The minimum absolute atomic E-state index is 0.0740. The summed E-state index contributed by atoms with van der Waals surface area (Å²) in [5, 5.41) is 11.1. The Morgan fingerprint density at radius 2 is 2.18 bits per heavy atom. The number of nitrogens with zero attached hydrogens (tertiary/aromatic N) is 1. The van der Waals surface area contributed by atoms with Crippen molar-refractivity contribution in [3.8, 4) is 6.07 Å². The van der Waals surface area contributed by atoms with Crippen LogP contribution in [-0.4, -0.2) is 11.9 Å². The van der Waals surface area contributed by atoms with E-state index >= 15 is 0 Å². The van der Waals surface area contributed by atoms with Crippen LogP contribution in [0.4, 0.5) is 8.78 Å². The Hall–Kier alpha value is -1.96. The van der Waals surface area contributed by atoms with Crippen molar-refractivity contribution in [1.29, 1.82) is 5.26 Å². The number of rotatable bonds is 4. The number of amides is 1. The van der Waals surface area contributed by atoms with Crippen molar-refractivity contribution < 1.29 is 13.6 Å². The van der Waals surface area contributed by atoms with Crippen LogP contribution in [0.25, 0.3) is 0 Å². The molecule has 1 aromatic carbocycles.